The number of benzene rings is 1. The molecule has 1 aromatic carbocycles. The van der Waals surface area contributed by atoms with Crippen molar-refractivity contribution in [2.24, 2.45) is 0 Å². The molecule has 3 aliphatic rings. The molecular weight excluding hydrogens is 562 g/mol. The lowest BCUT2D eigenvalue weighted by atomic mass is 9.99. The summed E-state index contributed by atoms with van der Waals surface area (Å²) in [6, 6.07) is 9.77. The lowest BCUT2D eigenvalue weighted by Crippen LogP contribution is -2.48. The van der Waals surface area contributed by atoms with Gasteiger partial charge in [-0.3, -0.25) is 14.5 Å². The summed E-state index contributed by atoms with van der Waals surface area (Å²) in [5, 5.41) is 6.71. The minimum Gasteiger partial charge on any atom is -0.347 e. The van der Waals surface area contributed by atoms with Crippen LogP contribution in [0.5, 0.6) is 0 Å². The highest BCUT2D eigenvalue weighted by molar-refractivity contribution is 7.14. The predicted octanol–water partition coefficient (Wildman–Crippen LogP) is 3.88. The highest BCUT2D eigenvalue weighted by Crippen LogP contribution is 2.31. The first-order valence-corrected chi connectivity index (χ1v) is 16.0. The number of piperazine rings is 1. The van der Waals surface area contributed by atoms with Gasteiger partial charge >= 0.3 is 0 Å². The van der Waals surface area contributed by atoms with Crippen LogP contribution in [-0.4, -0.2) is 87.9 Å². The highest BCUT2D eigenvalue weighted by Gasteiger charge is 2.32. The van der Waals surface area contributed by atoms with E-state index in [1.807, 2.05) is 38.4 Å². The molecule has 7 rings (SSSR count). The zero-order chi connectivity index (χ0) is 29.5. The van der Waals surface area contributed by atoms with Gasteiger partial charge in [-0.25, -0.2) is 4.98 Å². The van der Waals surface area contributed by atoms with E-state index in [-0.39, 0.29) is 23.9 Å². The first kappa shape index (κ1) is 27.8. The number of likely N-dealkylation sites (N-methyl/N-ethyl adjacent to an activating group) is 2. The van der Waals surface area contributed by atoms with Crippen molar-refractivity contribution in [2.45, 2.75) is 50.6 Å². The van der Waals surface area contributed by atoms with Crippen LogP contribution in [0.15, 0.2) is 36.7 Å². The van der Waals surface area contributed by atoms with Crippen molar-refractivity contribution in [3.63, 3.8) is 0 Å². The van der Waals surface area contributed by atoms with E-state index in [0.29, 0.717) is 24.0 Å². The van der Waals surface area contributed by atoms with Crippen LogP contribution in [0.3, 0.4) is 0 Å². The summed E-state index contributed by atoms with van der Waals surface area (Å²) < 4.78 is 0. The van der Waals surface area contributed by atoms with E-state index in [4.69, 9.17) is 9.97 Å². The maximum absolute atomic E-state index is 13.2. The zero-order valence-electron chi connectivity index (χ0n) is 24.6. The quantitative estimate of drug-likeness (QED) is 0.305. The summed E-state index contributed by atoms with van der Waals surface area (Å²) >= 11 is 1.65. The second-order valence-electron chi connectivity index (χ2n) is 11.9. The Kier molecular flexibility index (Phi) is 7.48. The maximum atomic E-state index is 13.2. The number of nitrogens with one attached hydrogen (secondary N) is 3. The Morgan fingerprint density at radius 2 is 1.88 bits per heavy atom. The Morgan fingerprint density at radius 3 is 2.72 bits per heavy atom. The van der Waals surface area contributed by atoms with E-state index in [2.05, 4.69) is 36.5 Å². The molecule has 11 nitrogen and oxygen atoms in total. The summed E-state index contributed by atoms with van der Waals surface area (Å²) in [5.41, 5.74) is 4.47. The molecule has 0 bridgehead atoms. The van der Waals surface area contributed by atoms with Crippen LogP contribution in [0.1, 0.15) is 57.4 Å². The van der Waals surface area contributed by atoms with Crippen LogP contribution in [0.2, 0.25) is 0 Å². The Balaban J connectivity index is 1.07. The van der Waals surface area contributed by atoms with E-state index in [1.165, 1.54) is 23.3 Å². The number of amides is 2. The Labute approximate surface area is 254 Å². The number of fused-ring (bicyclic) bond motifs is 2. The van der Waals surface area contributed by atoms with Crippen LogP contribution in [0.4, 0.5) is 17.5 Å². The minimum atomic E-state index is -0.282. The number of aromatic amines is 1. The highest BCUT2D eigenvalue weighted by atomic mass is 32.1. The molecular formula is C31H37N9O2S. The lowest BCUT2D eigenvalue weighted by Gasteiger charge is -2.37. The molecule has 0 saturated carbocycles. The summed E-state index contributed by atoms with van der Waals surface area (Å²) in [6.07, 6.45) is 8.07. The molecule has 0 spiro atoms. The van der Waals surface area contributed by atoms with Crippen LogP contribution in [0.25, 0.3) is 11.2 Å². The van der Waals surface area contributed by atoms with Gasteiger partial charge in [-0.15, -0.1) is 11.3 Å². The topological polar surface area (TPSA) is 122 Å². The number of carbonyl (C=O) groups excluding carboxylic acids is 2. The van der Waals surface area contributed by atoms with Crippen molar-refractivity contribution in [2.75, 3.05) is 50.5 Å². The number of hydrogen-bond donors (Lipinski definition) is 3. The largest absolute Gasteiger partial charge is 0.347 e. The van der Waals surface area contributed by atoms with Gasteiger partial charge in [-0.1, -0.05) is 12.1 Å². The molecule has 2 fully saturated rings. The number of nitrogens with zero attached hydrogens (tertiary/aromatic N) is 6. The third-order valence-corrected chi connectivity index (χ3v) is 10.1. The molecule has 0 radical (unpaired) electrons. The molecule has 1 aliphatic carbocycles. The lowest BCUT2D eigenvalue weighted by molar-refractivity contribution is -0.139. The molecule has 3 N–H and O–H groups in total. The van der Waals surface area contributed by atoms with E-state index < -0.39 is 0 Å². The van der Waals surface area contributed by atoms with Crippen molar-refractivity contribution in [3.8, 4) is 0 Å². The van der Waals surface area contributed by atoms with Gasteiger partial charge in [0.25, 0.3) is 5.91 Å². The van der Waals surface area contributed by atoms with Crippen molar-refractivity contribution in [1.29, 1.82) is 0 Å². The van der Waals surface area contributed by atoms with Gasteiger partial charge in [0, 0.05) is 49.8 Å². The molecule has 224 valence electrons. The van der Waals surface area contributed by atoms with Gasteiger partial charge in [0.1, 0.15) is 11.6 Å². The van der Waals surface area contributed by atoms with Gasteiger partial charge in [-0.2, -0.15) is 9.97 Å². The second kappa shape index (κ2) is 11.6. The van der Waals surface area contributed by atoms with E-state index >= 15 is 0 Å². The van der Waals surface area contributed by atoms with Crippen molar-refractivity contribution < 1.29 is 9.59 Å². The fourth-order valence-corrected chi connectivity index (χ4v) is 7.57. The number of H-pyrrole nitrogens is 1. The maximum Gasteiger partial charge on any atom is 0.261 e. The fraction of sp³-hybridized carbons (Fsp3) is 0.452. The number of rotatable bonds is 6. The van der Waals surface area contributed by atoms with Gasteiger partial charge in [0.2, 0.25) is 11.9 Å². The molecule has 12 heteroatoms. The average molecular weight is 600 g/mol. The molecule has 4 aromatic rings. The molecule has 3 aromatic heterocycles. The summed E-state index contributed by atoms with van der Waals surface area (Å²) in [5.74, 6) is 1.35. The first-order valence-electron chi connectivity index (χ1n) is 15.1. The van der Waals surface area contributed by atoms with Crippen LogP contribution in [-0.2, 0) is 17.6 Å². The predicted molar refractivity (Wildman–Crippen MR) is 168 cm³/mol. The zero-order valence-corrected chi connectivity index (χ0v) is 25.4. The number of carbonyl (C=O) groups is 2. The van der Waals surface area contributed by atoms with Crippen LogP contribution in [0, 0.1) is 0 Å². The van der Waals surface area contributed by atoms with Crippen molar-refractivity contribution >= 4 is 51.8 Å². The standard InChI is InChI=1S/C31H37N9O2S/c1-38-14-15-39(2)30(42)26(38)19-9-11-21(12-10-19)34-28-25-27(33-18-32-25)36-31(37-28)40-13-5-7-22(17-40)35-29(41)24-16-20-6-3-4-8-23(20)43-24/h9-12,16,18,22,26H,3-8,13-15,17H2,1-2H3,(H,35,41)(H2,32,33,34,36,37). The Hall–Kier alpha value is -4.03. The third kappa shape index (κ3) is 5.56. The number of imidazole rings is 1. The summed E-state index contributed by atoms with van der Waals surface area (Å²) in [6.45, 7) is 3.02. The van der Waals surface area contributed by atoms with Crippen molar-refractivity contribution in [3.05, 3.63) is 57.5 Å². The molecule has 2 saturated heterocycles. The van der Waals surface area contributed by atoms with Crippen LogP contribution < -0.4 is 15.5 Å². The first-order chi connectivity index (χ1) is 20.9. The number of thiophene rings is 1. The Bertz CT molecular complexity index is 1630. The number of hydrogen-bond acceptors (Lipinski definition) is 9. The van der Waals surface area contributed by atoms with Gasteiger partial charge in [0.15, 0.2) is 11.5 Å². The molecule has 2 aliphatic heterocycles. The number of piperidine rings is 1. The molecule has 2 unspecified atom stereocenters. The van der Waals surface area contributed by atoms with Gasteiger partial charge < -0.3 is 25.4 Å². The molecule has 2 atom stereocenters. The van der Waals surface area contributed by atoms with Crippen LogP contribution >= 0.6 is 11.3 Å². The van der Waals surface area contributed by atoms with Gasteiger partial charge in [0.05, 0.1) is 11.2 Å². The molecule has 5 heterocycles. The smallest absolute Gasteiger partial charge is 0.261 e. The fourth-order valence-electron chi connectivity index (χ4n) is 6.42. The molecule has 2 amide bonds. The van der Waals surface area contributed by atoms with E-state index in [9.17, 15) is 9.59 Å². The Morgan fingerprint density at radius 1 is 1.05 bits per heavy atom. The minimum absolute atomic E-state index is 0.0162. The third-order valence-electron chi connectivity index (χ3n) is 8.86. The second-order valence-corrected chi connectivity index (χ2v) is 13.0. The number of aryl methyl sites for hydroxylation is 2. The summed E-state index contributed by atoms with van der Waals surface area (Å²) in [7, 11) is 3.85. The van der Waals surface area contributed by atoms with E-state index in [0.717, 1.165) is 67.0 Å². The monoisotopic (exact) mass is 599 g/mol. The molecule has 43 heavy (non-hydrogen) atoms. The van der Waals surface area contributed by atoms with Crippen molar-refractivity contribution in [1.82, 2.24) is 35.1 Å². The van der Waals surface area contributed by atoms with E-state index in [1.54, 1.807) is 22.6 Å². The number of aromatic nitrogens is 4. The van der Waals surface area contributed by atoms with Gasteiger partial charge in [-0.05, 0) is 74.9 Å². The average Bonchev–Trinajstić information content (AvgIpc) is 3.68. The SMILES string of the molecule is CN1CCN(C)C(c2ccc(Nc3nc(N4CCCC(NC(=O)c5cc6c(s5)CCCC6)C4)nc4nc[nH]c34)cc2)C1=O. The summed E-state index contributed by atoms with van der Waals surface area (Å²) in [4.78, 5) is 51.4. The normalized spacial score (nSPS) is 21.2. The number of anilines is 3.